The Balaban J connectivity index is 1.57. The van der Waals surface area contributed by atoms with E-state index in [0.717, 1.165) is 15.8 Å². The summed E-state index contributed by atoms with van der Waals surface area (Å²) in [6.45, 7) is 2.05. The molecule has 8 nitrogen and oxygen atoms in total. The average molecular weight is 354 g/mol. The van der Waals surface area contributed by atoms with E-state index in [4.69, 9.17) is 0 Å². The summed E-state index contributed by atoms with van der Waals surface area (Å²) in [4.78, 5) is 36.6. The number of rotatable bonds is 3. The van der Waals surface area contributed by atoms with Crippen LogP contribution in [0.3, 0.4) is 0 Å². The third-order valence-electron chi connectivity index (χ3n) is 3.84. The van der Waals surface area contributed by atoms with Gasteiger partial charge in [-0.2, -0.15) is 0 Å². The van der Waals surface area contributed by atoms with Gasteiger partial charge in [-0.15, -0.1) is 0 Å². The summed E-state index contributed by atoms with van der Waals surface area (Å²) in [5.74, 6) is -0.231. The van der Waals surface area contributed by atoms with Crippen molar-refractivity contribution in [3.8, 4) is 0 Å². The van der Waals surface area contributed by atoms with Gasteiger partial charge < -0.3 is 9.88 Å². The third kappa shape index (κ3) is 2.78. The largest absolute Gasteiger partial charge is 0.304 e. The van der Waals surface area contributed by atoms with Crippen molar-refractivity contribution in [3.05, 3.63) is 46.6 Å². The van der Waals surface area contributed by atoms with Crippen LogP contribution in [0.1, 0.15) is 5.56 Å². The third-order valence-corrected chi connectivity index (χ3v) is 4.77. The van der Waals surface area contributed by atoms with Gasteiger partial charge >= 0.3 is 0 Å². The minimum Gasteiger partial charge on any atom is -0.304 e. The SMILES string of the molecule is Cc1ccc2nc(NC(=O)Cn3cnc4c3ncc(=O)n4C)sc2c1. The molecule has 0 bridgehead atoms. The zero-order chi connectivity index (χ0) is 17.6. The summed E-state index contributed by atoms with van der Waals surface area (Å²) in [6.07, 6.45) is 2.71. The van der Waals surface area contributed by atoms with Crippen LogP contribution in [0.15, 0.2) is 35.5 Å². The maximum absolute atomic E-state index is 12.3. The van der Waals surface area contributed by atoms with Crippen LogP contribution in [0.4, 0.5) is 5.13 Å². The van der Waals surface area contributed by atoms with Gasteiger partial charge in [-0.05, 0) is 24.6 Å². The number of anilines is 1. The van der Waals surface area contributed by atoms with Gasteiger partial charge in [0.1, 0.15) is 6.54 Å². The predicted molar refractivity (Wildman–Crippen MR) is 95.8 cm³/mol. The van der Waals surface area contributed by atoms with Crippen molar-refractivity contribution in [1.82, 2.24) is 24.1 Å². The molecule has 3 aromatic heterocycles. The predicted octanol–water partition coefficient (Wildman–Crippen LogP) is 1.69. The highest BCUT2D eigenvalue weighted by atomic mass is 32.1. The molecule has 1 N–H and O–H groups in total. The van der Waals surface area contributed by atoms with Crippen LogP contribution in [0.25, 0.3) is 21.5 Å². The number of hydrogen-bond donors (Lipinski definition) is 1. The molecule has 0 radical (unpaired) electrons. The smallest absolute Gasteiger partial charge is 0.270 e. The molecule has 0 saturated heterocycles. The van der Waals surface area contributed by atoms with Crippen LogP contribution in [-0.4, -0.2) is 30.0 Å². The van der Waals surface area contributed by atoms with Gasteiger partial charge in [-0.25, -0.2) is 15.0 Å². The molecule has 0 unspecified atom stereocenters. The first-order valence-electron chi connectivity index (χ1n) is 7.55. The Morgan fingerprint density at radius 1 is 1.28 bits per heavy atom. The van der Waals surface area contributed by atoms with Crippen LogP contribution in [0.5, 0.6) is 0 Å². The van der Waals surface area contributed by atoms with E-state index in [-0.39, 0.29) is 18.0 Å². The van der Waals surface area contributed by atoms with Crippen molar-refractivity contribution in [2.24, 2.45) is 7.05 Å². The van der Waals surface area contributed by atoms with Gasteiger partial charge in [0.05, 0.1) is 22.7 Å². The first kappa shape index (κ1) is 15.5. The van der Waals surface area contributed by atoms with Gasteiger partial charge in [0.25, 0.3) is 5.56 Å². The van der Waals surface area contributed by atoms with Crippen molar-refractivity contribution in [3.63, 3.8) is 0 Å². The second kappa shape index (κ2) is 5.78. The fraction of sp³-hybridized carbons (Fsp3) is 0.188. The van der Waals surface area contributed by atoms with E-state index in [1.165, 1.54) is 28.4 Å². The maximum atomic E-state index is 12.3. The number of aryl methyl sites for hydroxylation is 2. The highest BCUT2D eigenvalue weighted by Gasteiger charge is 2.13. The standard InChI is InChI=1S/C16H14N6O2S/c1-9-3-4-10-11(5-9)25-16(19-10)20-12(23)7-22-8-18-14-15(22)17-6-13(24)21(14)2/h3-6,8H,7H2,1-2H3,(H,19,20,23). The lowest BCUT2D eigenvalue weighted by Crippen LogP contribution is -2.20. The number of hydrogen-bond acceptors (Lipinski definition) is 6. The molecule has 1 aromatic carbocycles. The van der Waals surface area contributed by atoms with Gasteiger partial charge in [-0.1, -0.05) is 17.4 Å². The number of fused-ring (bicyclic) bond motifs is 2. The maximum Gasteiger partial charge on any atom is 0.270 e. The molecule has 4 rings (SSSR count). The highest BCUT2D eigenvalue weighted by Crippen LogP contribution is 2.26. The fourth-order valence-electron chi connectivity index (χ4n) is 2.56. The molecule has 0 atom stereocenters. The summed E-state index contributed by atoms with van der Waals surface area (Å²) in [7, 11) is 1.62. The molecule has 0 aliphatic rings. The zero-order valence-corrected chi connectivity index (χ0v) is 14.4. The van der Waals surface area contributed by atoms with Gasteiger partial charge in [0, 0.05) is 7.05 Å². The summed E-state index contributed by atoms with van der Waals surface area (Å²) < 4.78 is 4.02. The second-order valence-corrected chi connectivity index (χ2v) is 6.74. The first-order chi connectivity index (χ1) is 12.0. The molecule has 9 heteroatoms. The summed E-state index contributed by atoms with van der Waals surface area (Å²) >= 11 is 1.43. The molecule has 25 heavy (non-hydrogen) atoms. The Morgan fingerprint density at radius 3 is 2.96 bits per heavy atom. The monoisotopic (exact) mass is 354 g/mol. The number of nitrogens with one attached hydrogen (secondary N) is 1. The lowest BCUT2D eigenvalue weighted by Gasteiger charge is -2.04. The Bertz CT molecular complexity index is 1170. The zero-order valence-electron chi connectivity index (χ0n) is 13.6. The van der Waals surface area contributed by atoms with E-state index >= 15 is 0 Å². The summed E-state index contributed by atoms with van der Waals surface area (Å²) in [5.41, 5.74) is 2.69. The van der Waals surface area contributed by atoms with Crippen LogP contribution in [0.2, 0.25) is 0 Å². The number of nitrogens with zero attached hydrogens (tertiary/aromatic N) is 5. The summed E-state index contributed by atoms with van der Waals surface area (Å²) in [6, 6.07) is 5.96. The van der Waals surface area contributed by atoms with Crippen molar-refractivity contribution < 1.29 is 4.79 Å². The normalized spacial score (nSPS) is 11.3. The number of amides is 1. The fourth-order valence-corrected chi connectivity index (χ4v) is 3.54. The number of benzene rings is 1. The lowest BCUT2D eigenvalue weighted by atomic mass is 10.2. The molecule has 0 fully saturated rings. The van der Waals surface area contributed by atoms with E-state index in [1.54, 1.807) is 11.6 Å². The van der Waals surface area contributed by atoms with E-state index in [9.17, 15) is 9.59 Å². The van der Waals surface area contributed by atoms with Crippen LogP contribution in [-0.2, 0) is 18.4 Å². The number of thiazole rings is 1. The minimum absolute atomic E-state index is 0.0384. The van der Waals surface area contributed by atoms with Crippen molar-refractivity contribution in [1.29, 1.82) is 0 Å². The van der Waals surface area contributed by atoms with Gasteiger partial charge in [-0.3, -0.25) is 14.2 Å². The van der Waals surface area contributed by atoms with E-state index < -0.39 is 0 Å². The lowest BCUT2D eigenvalue weighted by molar-refractivity contribution is -0.116. The molecule has 0 saturated carbocycles. The van der Waals surface area contributed by atoms with Crippen LogP contribution in [0, 0.1) is 6.92 Å². The molecule has 0 aliphatic heterocycles. The summed E-state index contributed by atoms with van der Waals surface area (Å²) in [5, 5.41) is 3.35. The molecule has 126 valence electrons. The Morgan fingerprint density at radius 2 is 2.12 bits per heavy atom. The number of carbonyl (C=O) groups excluding carboxylic acids is 1. The Kier molecular flexibility index (Phi) is 3.57. The van der Waals surface area contributed by atoms with Crippen LogP contribution < -0.4 is 10.9 Å². The van der Waals surface area contributed by atoms with Crippen molar-refractivity contribution in [2.45, 2.75) is 13.5 Å². The van der Waals surface area contributed by atoms with Gasteiger partial charge in [0.15, 0.2) is 16.4 Å². The van der Waals surface area contributed by atoms with E-state index in [2.05, 4.69) is 20.3 Å². The van der Waals surface area contributed by atoms with Crippen molar-refractivity contribution in [2.75, 3.05) is 5.32 Å². The van der Waals surface area contributed by atoms with Crippen LogP contribution >= 0.6 is 11.3 Å². The number of carbonyl (C=O) groups is 1. The first-order valence-corrected chi connectivity index (χ1v) is 8.37. The van der Waals surface area contributed by atoms with E-state index in [0.29, 0.717) is 16.4 Å². The average Bonchev–Trinajstić information content (AvgIpc) is 3.14. The second-order valence-electron chi connectivity index (χ2n) is 5.71. The molecule has 0 spiro atoms. The Labute approximate surface area is 145 Å². The Hall–Kier alpha value is -3.07. The van der Waals surface area contributed by atoms with E-state index in [1.807, 2.05) is 25.1 Å². The molecular formula is C16H14N6O2S. The van der Waals surface area contributed by atoms with Crippen molar-refractivity contribution >= 4 is 43.9 Å². The minimum atomic E-state index is -0.244. The molecule has 3 heterocycles. The molecule has 4 aromatic rings. The molecular weight excluding hydrogens is 340 g/mol. The van der Waals surface area contributed by atoms with Gasteiger partial charge in [0.2, 0.25) is 5.91 Å². The number of aromatic nitrogens is 5. The highest BCUT2D eigenvalue weighted by molar-refractivity contribution is 7.22. The molecule has 0 aliphatic carbocycles. The quantitative estimate of drug-likeness (QED) is 0.604. The number of imidazole rings is 1. The molecule has 1 amide bonds. The topological polar surface area (TPSA) is 94.7 Å².